The highest BCUT2D eigenvalue weighted by Gasteiger charge is 2.36. The zero-order valence-electron chi connectivity index (χ0n) is 17.1. The van der Waals surface area contributed by atoms with Gasteiger partial charge >= 0.3 is 0 Å². The molecule has 1 aromatic carbocycles. The van der Waals surface area contributed by atoms with Crippen LogP contribution in [0.3, 0.4) is 0 Å². The van der Waals surface area contributed by atoms with Crippen LogP contribution in [0.2, 0.25) is 0 Å². The third-order valence-corrected chi connectivity index (χ3v) is 6.55. The van der Waals surface area contributed by atoms with E-state index in [1.807, 2.05) is 24.9 Å². The number of carbonyl (C=O) groups excluding carboxylic acids is 2. The van der Waals surface area contributed by atoms with E-state index >= 15 is 0 Å². The van der Waals surface area contributed by atoms with E-state index in [0.29, 0.717) is 0 Å². The molecule has 0 aliphatic carbocycles. The van der Waals surface area contributed by atoms with Crippen molar-refractivity contribution in [1.29, 1.82) is 0 Å². The van der Waals surface area contributed by atoms with E-state index in [1.54, 1.807) is 0 Å². The van der Waals surface area contributed by atoms with E-state index in [0.717, 1.165) is 68.8 Å². The minimum atomic E-state index is 0.0418. The molecular weight excluding hydrogens is 352 g/mol. The van der Waals surface area contributed by atoms with E-state index in [-0.39, 0.29) is 23.9 Å². The Morgan fingerprint density at radius 2 is 1.75 bits per heavy atom. The van der Waals surface area contributed by atoms with Crippen LogP contribution >= 0.6 is 0 Å². The second-order valence-electron chi connectivity index (χ2n) is 8.56. The van der Waals surface area contributed by atoms with Crippen molar-refractivity contribution in [3.63, 3.8) is 0 Å². The van der Waals surface area contributed by atoms with Crippen molar-refractivity contribution in [2.24, 2.45) is 0 Å². The summed E-state index contributed by atoms with van der Waals surface area (Å²) < 4.78 is 0. The fourth-order valence-corrected chi connectivity index (χ4v) is 4.83. The molecule has 3 aliphatic heterocycles. The fourth-order valence-electron chi connectivity index (χ4n) is 4.83. The first kappa shape index (κ1) is 19.2. The van der Waals surface area contributed by atoms with E-state index in [2.05, 4.69) is 27.2 Å². The Hall–Kier alpha value is -2.08. The first-order valence-corrected chi connectivity index (χ1v) is 10.7. The molecule has 0 bridgehead atoms. The van der Waals surface area contributed by atoms with Gasteiger partial charge in [0.15, 0.2) is 0 Å². The molecule has 3 fully saturated rings. The smallest absolute Gasteiger partial charge is 0.253 e. The largest absolute Gasteiger partial charge is 0.371 e. The maximum Gasteiger partial charge on any atom is 0.253 e. The molecule has 1 unspecified atom stereocenters. The highest BCUT2D eigenvalue weighted by molar-refractivity contribution is 6.00. The van der Waals surface area contributed by atoms with Crippen molar-refractivity contribution in [3.8, 4) is 0 Å². The van der Waals surface area contributed by atoms with Crippen LogP contribution in [-0.4, -0.2) is 73.5 Å². The van der Waals surface area contributed by atoms with Gasteiger partial charge in [0, 0.05) is 51.5 Å². The van der Waals surface area contributed by atoms with Gasteiger partial charge in [-0.05, 0) is 51.2 Å². The predicted octanol–water partition coefficient (Wildman–Crippen LogP) is 2.02. The number of amides is 2. The van der Waals surface area contributed by atoms with Gasteiger partial charge in [0.05, 0.1) is 11.6 Å². The van der Waals surface area contributed by atoms with Gasteiger partial charge in [0.25, 0.3) is 5.91 Å². The summed E-state index contributed by atoms with van der Waals surface area (Å²) in [6.07, 6.45) is 5.13. The summed E-state index contributed by atoms with van der Waals surface area (Å²) >= 11 is 0. The Labute approximate surface area is 167 Å². The number of nitrogens with one attached hydrogen (secondary N) is 1. The third kappa shape index (κ3) is 3.88. The summed E-state index contributed by atoms with van der Waals surface area (Å²) in [5, 5.41) is 3.27. The molecule has 1 atom stereocenters. The molecule has 3 heterocycles. The Morgan fingerprint density at radius 1 is 1.04 bits per heavy atom. The number of anilines is 1. The number of hydrogen-bond acceptors (Lipinski definition) is 4. The number of aryl methyl sites for hydroxylation is 1. The normalized spacial score (nSPS) is 24.2. The second-order valence-corrected chi connectivity index (χ2v) is 8.56. The summed E-state index contributed by atoms with van der Waals surface area (Å²) in [5.74, 6) is 0.290. The molecule has 0 aromatic heterocycles. The first-order chi connectivity index (χ1) is 13.5. The average molecular weight is 385 g/mol. The van der Waals surface area contributed by atoms with Crippen LogP contribution in [0, 0.1) is 6.92 Å². The number of hydrogen-bond donors (Lipinski definition) is 1. The maximum atomic E-state index is 13.1. The van der Waals surface area contributed by atoms with Crippen molar-refractivity contribution in [1.82, 2.24) is 15.1 Å². The van der Waals surface area contributed by atoms with Gasteiger partial charge in [-0.2, -0.15) is 0 Å². The van der Waals surface area contributed by atoms with E-state index in [4.69, 9.17) is 0 Å². The molecule has 3 saturated heterocycles. The lowest BCUT2D eigenvalue weighted by Gasteiger charge is -2.35. The first-order valence-electron chi connectivity index (χ1n) is 10.7. The summed E-state index contributed by atoms with van der Waals surface area (Å²) in [4.78, 5) is 31.8. The van der Waals surface area contributed by atoms with Crippen LogP contribution in [0.1, 0.15) is 48.0 Å². The van der Waals surface area contributed by atoms with Crippen molar-refractivity contribution in [2.75, 3.05) is 44.7 Å². The zero-order chi connectivity index (χ0) is 19.7. The SMILES string of the molecule is Cc1ccc(N2CCCC2)c(C(=O)NC2CCN(C3CCN(C)C3=O)CC2)c1. The van der Waals surface area contributed by atoms with E-state index in [1.165, 1.54) is 12.8 Å². The molecule has 4 rings (SSSR count). The van der Waals surface area contributed by atoms with Crippen LogP contribution in [0.4, 0.5) is 5.69 Å². The number of rotatable bonds is 4. The molecule has 28 heavy (non-hydrogen) atoms. The molecule has 0 radical (unpaired) electrons. The molecule has 152 valence electrons. The van der Waals surface area contributed by atoms with Crippen molar-refractivity contribution in [3.05, 3.63) is 29.3 Å². The topological polar surface area (TPSA) is 55.9 Å². The number of likely N-dealkylation sites (N-methyl/N-ethyl adjacent to an activating group) is 1. The number of piperidine rings is 1. The van der Waals surface area contributed by atoms with Gasteiger partial charge in [0.1, 0.15) is 0 Å². The standard InChI is InChI=1S/C22H32N4O2/c1-16-5-6-19(25-10-3-4-11-25)18(15-16)21(27)23-17-7-13-26(14-8-17)20-9-12-24(2)22(20)28/h5-6,15,17,20H,3-4,7-14H2,1-2H3,(H,23,27). The summed E-state index contributed by atoms with van der Waals surface area (Å²) in [7, 11) is 1.88. The Bertz CT molecular complexity index is 736. The second kappa shape index (κ2) is 8.11. The molecule has 6 heteroatoms. The van der Waals surface area contributed by atoms with E-state index in [9.17, 15) is 9.59 Å². The van der Waals surface area contributed by atoms with Crippen molar-refractivity contribution in [2.45, 2.75) is 51.1 Å². The lowest BCUT2D eigenvalue weighted by molar-refractivity contribution is -0.131. The Balaban J connectivity index is 1.37. The van der Waals surface area contributed by atoms with Crippen LogP contribution in [-0.2, 0) is 4.79 Å². The zero-order valence-corrected chi connectivity index (χ0v) is 17.1. The van der Waals surface area contributed by atoms with Crippen LogP contribution in [0.15, 0.2) is 18.2 Å². The molecular formula is C22H32N4O2. The third-order valence-electron chi connectivity index (χ3n) is 6.55. The molecule has 1 aromatic rings. The number of likely N-dealkylation sites (tertiary alicyclic amines) is 2. The highest BCUT2D eigenvalue weighted by atomic mass is 16.2. The number of carbonyl (C=O) groups is 2. The molecule has 1 N–H and O–H groups in total. The van der Waals surface area contributed by atoms with Crippen LogP contribution in [0.25, 0.3) is 0 Å². The number of nitrogens with zero attached hydrogens (tertiary/aromatic N) is 3. The predicted molar refractivity (Wildman–Crippen MR) is 111 cm³/mol. The minimum absolute atomic E-state index is 0.0418. The molecule has 6 nitrogen and oxygen atoms in total. The van der Waals surface area contributed by atoms with Gasteiger partial charge in [0.2, 0.25) is 5.91 Å². The van der Waals surface area contributed by atoms with Crippen molar-refractivity contribution >= 4 is 17.5 Å². The van der Waals surface area contributed by atoms with E-state index < -0.39 is 0 Å². The average Bonchev–Trinajstić information content (AvgIpc) is 3.33. The lowest BCUT2D eigenvalue weighted by Crippen LogP contribution is -2.50. The maximum absolute atomic E-state index is 13.1. The summed E-state index contributed by atoms with van der Waals surface area (Å²) in [6.45, 7) is 6.71. The summed E-state index contributed by atoms with van der Waals surface area (Å²) in [6, 6.07) is 6.44. The Kier molecular flexibility index (Phi) is 5.58. The van der Waals surface area contributed by atoms with Crippen LogP contribution in [0.5, 0.6) is 0 Å². The van der Waals surface area contributed by atoms with Gasteiger partial charge in [-0.15, -0.1) is 0 Å². The molecule has 2 amide bonds. The molecule has 3 aliphatic rings. The fraction of sp³-hybridized carbons (Fsp3) is 0.636. The monoisotopic (exact) mass is 384 g/mol. The quantitative estimate of drug-likeness (QED) is 0.863. The van der Waals surface area contributed by atoms with Gasteiger partial charge in [-0.25, -0.2) is 0 Å². The minimum Gasteiger partial charge on any atom is -0.371 e. The molecule has 0 spiro atoms. The van der Waals surface area contributed by atoms with Gasteiger partial charge < -0.3 is 15.1 Å². The van der Waals surface area contributed by atoms with Crippen molar-refractivity contribution < 1.29 is 9.59 Å². The van der Waals surface area contributed by atoms with Gasteiger partial charge in [-0.1, -0.05) is 11.6 Å². The van der Waals surface area contributed by atoms with Crippen LogP contribution < -0.4 is 10.2 Å². The lowest BCUT2D eigenvalue weighted by atomic mass is 10.0. The number of benzene rings is 1. The molecule has 0 saturated carbocycles. The van der Waals surface area contributed by atoms with Gasteiger partial charge in [-0.3, -0.25) is 14.5 Å². The Morgan fingerprint density at radius 3 is 2.39 bits per heavy atom. The highest BCUT2D eigenvalue weighted by Crippen LogP contribution is 2.26. The summed E-state index contributed by atoms with van der Waals surface area (Å²) in [5.41, 5.74) is 2.99.